The lowest BCUT2D eigenvalue weighted by molar-refractivity contribution is -0.119. The smallest absolute Gasteiger partial charge is 0.234 e. The molecule has 0 aliphatic carbocycles. The second-order valence-electron chi connectivity index (χ2n) is 5.07. The van der Waals surface area contributed by atoms with Gasteiger partial charge in [0.05, 0.1) is 17.3 Å². The van der Waals surface area contributed by atoms with Crippen LogP contribution in [0.1, 0.15) is 17.0 Å². The third kappa shape index (κ3) is 2.10. The summed E-state index contributed by atoms with van der Waals surface area (Å²) < 4.78 is 1.03. The summed E-state index contributed by atoms with van der Waals surface area (Å²) in [6.45, 7) is 0. The SMILES string of the molecule is CN1C(=O)C(Cc2cccc(Br)c2)c2cccc(N)c21. The number of carbonyl (C=O) groups is 1. The van der Waals surface area contributed by atoms with Crippen LogP contribution >= 0.6 is 15.9 Å². The number of nitrogens with zero attached hydrogens (tertiary/aromatic N) is 1. The van der Waals surface area contributed by atoms with Crippen molar-refractivity contribution in [2.75, 3.05) is 17.7 Å². The van der Waals surface area contributed by atoms with Gasteiger partial charge in [-0.25, -0.2) is 0 Å². The molecule has 20 heavy (non-hydrogen) atoms. The third-order valence-corrected chi connectivity index (χ3v) is 4.26. The standard InChI is InChI=1S/C16H15BrN2O/c1-19-15-12(6-3-7-14(15)18)13(16(19)20)9-10-4-2-5-11(17)8-10/h2-8,13H,9,18H2,1H3. The summed E-state index contributed by atoms with van der Waals surface area (Å²) >= 11 is 3.47. The van der Waals surface area contributed by atoms with Crippen LogP contribution < -0.4 is 10.6 Å². The fraction of sp³-hybridized carbons (Fsp3) is 0.188. The zero-order valence-electron chi connectivity index (χ0n) is 11.1. The molecule has 1 aliphatic heterocycles. The summed E-state index contributed by atoms with van der Waals surface area (Å²) in [6, 6.07) is 13.8. The molecule has 1 atom stereocenters. The second-order valence-corrected chi connectivity index (χ2v) is 5.98. The first kappa shape index (κ1) is 13.2. The van der Waals surface area contributed by atoms with Crippen LogP contribution in [0, 0.1) is 0 Å². The van der Waals surface area contributed by atoms with Gasteiger partial charge in [0.2, 0.25) is 5.91 Å². The number of halogens is 1. The lowest BCUT2D eigenvalue weighted by Crippen LogP contribution is -2.25. The van der Waals surface area contributed by atoms with Crippen LogP contribution in [-0.2, 0) is 11.2 Å². The summed E-state index contributed by atoms with van der Waals surface area (Å²) in [6.07, 6.45) is 0.694. The van der Waals surface area contributed by atoms with Gasteiger partial charge in [0.15, 0.2) is 0 Å². The highest BCUT2D eigenvalue weighted by Gasteiger charge is 2.36. The summed E-state index contributed by atoms with van der Waals surface area (Å²) in [4.78, 5) is 14.1. The molecule has 3 rings (SSSR count). The molecule has 102 valence electrons. The molecule has 2 N–H and O–H groups in total. The van der Waals surface area contributed by atoms with Gasteiger partial charge in [-0.1, -0.05) is 40.2 Å². The summed E-state index contributed by atoms with van der Waals surface area (Å²) in [7, 11) is 1.79. The monoisotopic (exact) mass is 330 g/mol. The molecule has 4 heteroatoms. The van der Waals surface area contributed by atoms with Crippen molar-refractivity contribution in [3.05, 3.63) is 58.1 Å². The minimum atomic E-state index is -0.146. The van der Waals surface area contributed by atoms with E-state index in [-0.39, 0.29) is 11.8 Å². The van der Waals surface area contributed by atoms with Crippen molar-refractivity contribution in [1.29, 1.82) is 0 Å². The summed E-state index contributed by atoms with van der Waals surface area (Å²) in [5.74, 6) is -0.0364. The van der Waals surface area contributed by atoms with Crippen LogP contribution in [0.15, 0.2) is 46.9 Å². The molecule has 3 nitrogen and oxygen atoms in total. The molecular weight excluding hydrogens is 316 g/mol. The van der Waals surface area contributed by atoms with Crippen LogP contribution in [0.25, 0.3) is 0 Å². The molecule has 1 aliphatic rings. The number of anilines is 2. The first-order chi connectivity index (χ1) is 9.58. The van der Waals surface area contributed by atoms with E-state index >= 15 is 0 Å². The molecule has 0 saturated heterocycles. The van der Waals surface area contributed by atoms with Crippen molar-refractivity contribution in [3.8, 4) is 0 Å². The zero-order chi connectivity index (χ0) is 14.3. The first-order valence-corrected chi connectivity index (χ1v) is 7.27. The Hall–Kier alpha value is -1.81. The van der Waals surface area contributed by atoms with Crippen LogP contribution in [0.3, 0.4) is 0 Å². The molecule has 0 fully saturated rings. The van der Waals surface area contributed by atoms with E-state index in [2.05, 4.69) is 22.0 Å². The van der Waals surface area contributed by atoms with E-state index in [1.165, 1.54) is 0 Å². The number of likely N-dealkylation sites (N-methyl/N-ethyl adjacent to an activating group) is 1. The highest BCUT2D eigenvalue weighted by molar-refractivity contribution is 9.10. The molecule has 0 radical (unpaired) electrons. The van der Waals surface area contributed by atoms with Crippen molar-refractivity contribution >= 4 is 33.2 Å². The minimum absolute atomic E-state index is 0.109. The Labute approximate surface area is 126 Å². The molecule has 1 heterocycles. The largest absolute Gasteiger partial charge is 0.397 e. The maximum atomic E-state index is 12.5. The number of hydrogen-bond donors (Lipinski definition) is 1. The quantitative estimate of drug-likeness (QED) is 0.858. The van der Waals surface area contributed by atoms with E-state index < -0.39 is 0 Å². The Morgan fingerprint density at radius 3 is 2.75 bits per heavy atom. The van der Waals surface area contributed by atoms with Gasteiger partial charge in [-0.15, -0.1) is 0 Å². The Kier molecular flexibility index (Phi) is 3.26. The highest BCUT2D eigenvalue weighted by atomic mass is 79.9. The van der Waals surface area contributed by atoms with Crippen molar-refractivity contribution in [2.24, 2.45) is 0 Å². The van der Waals surface area contributed by atoms with Crippen molar-refractivity contribution in [2.45, 2.75) is 12.3 Å². The molecule has 0 saturated carbocycles. The molecule has 0 bridgehead atoms. The zero-order valence-corrected chi connectivity index (χ0v) is 12.7. The van der Waals surface area contributed by atoms with Gasteiger partial charge in [0, 0.05) is 11.5 Å². The normalized spacial score (nSPS) is 17.4. The molecule has 0 spiro atoms. The van der Waals surface area contributed by atoms with Crippen LogP contribution in [0.4, 0.5) is 11.4 Å². The summed E-state index contributed by atoms with van der Waals surface area (Å²) in [5.41, 5.74) is 9.69. The van der Waals surface area contributed by atoms with Crippen LogP contribution in [0.5, 0.6) is 0 Å². The third-order valence-electron chi connectivity index (χ3n) is 3.77. The van der Waals surface area contributed by atoms with E-state index in [0.717, 1.165) is 21.3 Å². The van der Waals surface area contributed by atoms with Gasteiger partial charge in [-0.3, -0.25) is 4.79 Å². The topological polar surface area (TPSA) is 46.3 Å². The van der Waals surface area contributed by atoms with Gasteiger partial charge >= 0.3 is 0 Å². The van der Waals surface area contributed by atoms with E-state index in [0.29, 0.717) is 12.1 Å². The van der Waals surface area contributed by atoms with E-state index in [9.17, 15) is 4.79 Å². The minimum Gasteiger partial charge on any atom is -0.397 e. The van der Waals surface area contributed by atoms with E-state index in [1.807, 2.05) is 36.4 Å². The van der Waals surface area contributed by atoms with Gasteiger partial charge in [0.1, 0.15) is 0 Å². The van der Waals surface area contributed by atoms with E-state index in [4.69, 9.17) is 5.73 Å². The molecular formula is C16H15BrN2O. The maximum absolute atomic E-state index is 12.5. The lowest BCUT2D eigenvalue weighted by atomic mass is 9.93. The Bertz CT molecular complexity index is 684. The van der Waals surface area contributed by atoms with Crippen molar-refractivity contribution in [1.82, 2.24) is 0 Å². The Balaban J connectivity index is 2.00. The predicted octanol–water partition coefficient (Wildman–Crippen LogP) is 3.33. The fourth-order valence-corrected chi connectivity index (χ4v) is 3.27. The van der Waals surface area contributed by atoms with Crippen LogP contribution in [0.2, 0.25) is 0 Å². The predicted molar refractivity (Wildman–Crippen MR) is 84.9 cm³/mol. The number of para-hydroxylation sites is 1. The number of nitrogen functional groups attached to an aromatic ring is 1. The van der Waals surface area contributed by atoms with Crippen molar-refractivity contribution in [3.63, 3.8) is 0 Å². The average molecular weight is 331 g/mol. The number of benzene rings is 2. The molecule has 1 unspecified atom stereocenters. The van der Waals surface area contributed by atoms with Gasteiger partial charge in [-0.2, -0.15) is 0 Å². The maximum Gasteiger partial charge on any atom is 0.234 e. The van der Waals surface area contributed by atoms with Crippen LogP contribution in [-0.4, -0.2) is 13.0 Å². The fourth-order valence-electron chi connectivity index (χ4n) is 2.82. The number of rotatable bonds is 2. The molecule has 0 aromatic heterocycles. The number of amides is 1. The Morgan fingerprint density at radius 1 is 1.25 bits per heavy atom. The van der Waals surface area contributed by atoms with Gasteiger partial charge in [0.25, 0.3) is 0 Å². The highest BCUT2D eigenvalue weighted by Crippen LogP contribution is 2.41. The first-order valence-electron chi connectivity index (χ1n) is 6.48. The van der Waals surface area contributed by atoms with Gasteiger partial charge in [-0.05, 0) is 35.7 Å². The number of hydrogen-bond acceptors (Lipinski definition) is 2. The molecule has 1 amide bonds. The number of nitrogens with two attached hydrogens (primary N) is 1. The Morgan fingerprint density at radius 2 is 2.00 bits per heavy atom. The average Bonchev–Trinajstić information content (AvgIpc) is 2.65. The lowest BCUT2D eigenvalue weighted by Gasteiger charge is -2.12. The summed E-state index contributed by atoms with van der Waals surface area (Å²) in [5, 5.41) is 0. The molecule has 2 aromatic carbocycles. The molecule has 2 aromatic rings. The van der Waals surface area contributed by atoms with Gasteiger partial charge < -0.3 is 10.6 Å². The number of carbonyl (C=O) groups excluding carboxylic acids is 1. The van der Waals surface area contributed by atoms with E-state index in [1.54, 1.807) is 11.9 Å². The van der Waals surface area contributed by atoms with Crippen molar-refractivity contribution < 1.29 is 4.79 Å². The second kappa shape index (κ2) is 4.94. The number of fused-ring (bicyclic) bond motifs is 1.